The van der Waals surface area contributed by atoms with Gasteiger partial charge in [0.1, 0.15) is 5.01 Å². The van der Waals surface area contributed by atoms with Crippen molar-refractivity contribution in [2.75, 3.05) is 6.61 Å². The molecular weight excluding hydrogens is 218 g/mol. The molecule has 0 aliphatic rings. The summed E-state index contributed by atoms with van der Waals surface area (Å²) in [5, 5.41) is 11.9. The molecule has 2 rings (SSSR count). The zero-order valence-corrected chi connectivity index (χ0v) is 10.3. The van der Waals surface area contributed by atoms with Crippen LogP contribution in [0.2, 0.25) is 0 Å². The highest BCUT2D eigenvalue weighted by atomic mass is 32.1. The molecule has 84 valence electrons. The fourth-order valence-corrected chi connectivity index (χ4v) is 2.39. The van der Waals surface area contributed by atoms with Gasteiger partial charge in [-0.15, -0.1) is 11.3 Å². The molecule has 0 bridgehead atoms. The van der Waals surface area contributed by atoms with Crippen LogP contribution in [-0.2, 0) is 6.42 Å². The maximum Gasteiger partial charge on any atom is 0.123 e. The Labute approximate surface area is 99.6 Å². The van der Waals surface area contributed by atoms with Crippen LogP contribution in [-0.4, -0.2) is 16.7 Å². The Bertz CT molecular complexity index is 490. The molecule has 16 heavy (non-hydrogen) atoms. The van der Waals surface area contributed by atoms with Crippen LogP contribution in [0, 0.1) is 13.8 Å². The van der Waals surface area contributed by atoms with Crippen LogP contribution >= 0.6 is 11.3 Å². The molecule has 0 saturated heterocycles. The second-order valence-corrected chi connectivity index (χ2v) is 4.77. The third kappa shape index (κ3) is 2.31. The molecule has 3 heteroatoms. The van der Waals surface area contributed by atoms with E-state index in [9.17, 15) is 0 Å². The van der Waals surface area contributed by atoms with Gasteiger partial charge in [0.25, 0.3) is 0 Å². The summed E-state index contributed by atoms with van der Waals surface area (Å²) >= 11 is 1.63. The first-order valence-electron chi connectivity index (χ1n) is 5.33. The number of aryl methyl sites for hydroxylation is 2. The van der Waals surface area contributed by atoms with E-state index >= 15 is 0 Å². The van der Waals surface area contributed by atoms with Crippen molar-refractivity contribution in [3.8, 4) is 10.6 Å². The lowest BCUT2D eigenvalue weighted by Crippen LogP contribution is -1.90. The molecule has 2 aromatic rings. The van der Waals surface area contributed by atoms with Crippen LogP contribution in [0.25, 0.3) is 10.6 Å². The molecule has 0 fully saturated rings. The van der Waals surface area contributed by atoms with E-state index < -0.39 is 0 Å². The molecule has 0 radical (unpaired) electrons. The van der Waals surface area contributed by atoms with Crippen LogP contribution in [0.15, 0.2) is 23.6 Å². The van der Waals surface area contributed by atoms with Crippen LogP contribution in [0.4, 0.5) is 0 Å². The molecule has 0 unspecified atom stereocenters. The van der Waals surface area contributed by atoms with Gasteiger partial charge >= 0.3 is 0 Å². The molecule has 0 amide bonds. The van der Waals surface area contributed by atoms with Gasteiger partial charge in [0, 0.05) is 24.0 Å². The molecule has 1 aromatic heterocycles. The van der Waals surface area contributed by atoms with Gasteiger partial charge in [-0.3, -0.25) is 0 Å². The average Bonchev–Trinajstić information content (AvgIpc) is 2.71. The van der Waals surface area contributed by atoms with Gasteiger partial charge in [-0.05, 0) is 31.0 Å². The predicted molar refractivity (Wildman–Crippen MR) is 67.8 cm³/mol. The second-order valence-electron chi connectivity index (χ2n) is 3.92. The van der Waals surface area contributed by atoms with E-state index in [-0.39, 0.29) is 6.61 Å². The summed E-state index contributed by atoms with van der Waals surface area (Å²) in [6.07, 6.45) is 0.640. The van der Waals surface area contributed by atoms with Gasteiger partial charge in [0.15, 0.2) is 0 Å². The molecule has 1 N–H and O–H groups in total. The SMILES string of the molecule is Cc1ccc(-c2nc(CCO)cs2)cc1C. The minimum Gasteiger partial charge on any atom is -0.396 e. The first kappa shape index (κ1) is 11.3. The lowest BCUT2D eigenvalue weighted by atomic mass is 10.1. The summed E-state index contributed by atoms with van der Waals surface area (Å²) in [7, 11) is 0. The lowest BCUT2D eigenvalue weighted by molar-refractivity contribution is 0.298. The standard InChI is InChI=1S/C13H15NOS/c1-9-3-4-11(7-10(9)2)13-14-12(5-6-15)8-16-13/h3-4,7-8,15H,5-6H2,1-2H3. The molecule has 0 aliphatic carbocycles. The van der Waals surface area contributed by atoms with E-state index in [1.54, 1.807) is 11.3 Å². The van der Waals surface area contributed by atoms with Gasteiger partial charge in [-0.25, -0.2) is 4.98 Å². The number of aliphatic hydroxyl groups excluding tert-OH is 1. The molecule has 0 spiro atoms. The molecular formula is C13H15NOS. The summed E-state index contributed by atoms with van der Waals surface area (Å²) < 4.78 is 0. The second kappa shape index (κ2) is 4.76. The van der Waals surface area contributed by atoms with Crippen molar-refractivity contribution in [1.29, 1.82) is 0 Å². The van der Waals surface area contributed by atoms with Gasteiger partial charge in [0.2, 0.25) is 0 Å². The van der Waals surface area contributed by atoms with Crippen molar-refractivity contribution in [2.24, 2.45) is 0 Å². The summed E-state index contributed by atoms with van der Waals surface area (Å²) in [4.78, 5) is 4.50. The number of aromatic nitrogens is 1. The Hall–Kier alpha value is -1.19. The van der Waals surface area contributed by atoms with Crippen molar-refractivity contribution in [3.63, 3.8) is 0 Å². The zero-order valence-electron chi connectivity index (χ0n) is 9.53. The monoisotopic (exact) mass is 233 g/mol. The van der Waals surface area contributed by atoms with Crippen molar-refractivity contribution in [3.05, 3.63) is 40.4 Å². The topological polar surface area (TPSA) is 33.1 Å². The van der Waals surface area contributed by atoms with Gasteiger partial charge in [0.05, 0.1) is 5.69 Å². The highest BCUT2D eigenvalue weighted by Gasteiger charge is 2.05. The van der Waals surface area contributed by atoms with E-state index in [2.05, 4.69) is 37.0 Å². The van der Waals surface area contributed by atoms with E-state index in [1.165, 1.54) is 11.1 Å². The van der Waals surface area contributed by atoms with Crippen molar-refractivity contribution in [2.45, 2.75) is 20.3 Å². The Morgan fingerprint density at radius 3 is 2.75 bits per heavy atom. The number of hydrogen-bond donors (Lipinski definition) is 1. The maximum absolute atomic E-state index is 8.84. The highest BCUT2D eigenvalue weighted by Crippen LogP contribution is 2.25. The number of hydrogen-bond acceptors (Lipinski definition) is 3. The van der Waals surface area contributed by atoms with E-state index in [0.29, 0.717) is 6.42 Å². The summed E-state index contributed by atoms with van der Waals surface area (Å²) in [6.45, 7) is 4.38. The Morgan fingerprint density at radius 2 is 2.06 bits per heavy atom. The zero-order chi connectivity index (χ0) is 11.5. The molecule has 0 saturated carbocycles. The third-order valence-electron chi connectivity index (χ3n) is 2.67. The van der Waals surface area contributed by atoms with Crippen molar-refractivity contribution in [1.82, 2.24) is 4.98 Å². The third-order valence-corrected chi connectivity index (χ3v) is 3.61. The summed E-state index contributed by atoms with van der Waals surface area (Å²) in [6, 6.07) is 6.39. The minimum atomic E-state index is 0.163. The molecule has 0 aliphatic heterocycles. The lowest BCUT2D eigenvalue weighted by Gasteiger charge is -2.01. The maximum atomic E-state index is 8.84. The number of aliphatic hydroxyl groups is 1. The fraction of sp³-hybridized carbons (Fsp3) is 0.308. The number of thiazole rings is 1. The van der Waals surface area contributed by atoms with Gasteiger partial charge in [-0.1, -0.05) is 12.1 Å². The quantitative estimate of drug-likeness (QED) is 0.884. The number of nitrogens with zero attached hydrogens (tertiary/aromatic N) is 1. The van der Waals surface area contributed by atoms with Crippen LogP contribution in [0.1, 0.15) is 16.8 Å². The van der Waals surface area contributed by atoms with Crippen LogP contribution < -0.4 is 0 Å². The van der Waals surface area contributed by atoms with E-state index in [4.69, 9.17) is 5.11 Å². The summed E-state index contributed by atoms with van der Waals surface area (Å²) in [5.41, 5.74) is 4.73. The van der Waals surface area contributed by atoms with Gasteiger partial charge in [-0.2, -0.15) is 0 Å². The Morgan fingerprint density at radius 1 is 1.25 bits per heavy atom. The Kier molecular flexibility index (Phi) is 3.36. The smallest absolute Gasteiger partial charge is 0.123 e. The Balaban J connectivity index is 2.31. The van der Waals surface area contributed by atoms with Gasteiger partial charge < -0.3 is 5.11 Å². The van der Waals surface area contributed by atoms with Crippen LogP contribution in [0.3, 0.4) is 0 Å². The molecule has 2 nitrogen and oxygen atoms in total. The van der Waals surface area contributed by atoms with Crippen molar-refractivity contribution < 1.29 is 5.11 Å². The molecule has 1 heterocycles. The first-order chi connectivity index (χ1) is 7.70. The normalized spacial score (nSPS) is 10.7. The predicted octanol–water partition coefficient (Wildman–Crippen LogP) is 2.96. The van der Waals surface area contributed by atoms with E-state index in [1.807, 2.05) is 5.38 Å². The first-order valence-corrected chi connectivity index (χ1v) is 6.21. The van der Waals surface area contributed by atoms with Crippen molar-refractivity contribution >= 4 is 11.3 Å². The van der Waals surface area contributed by atoms with Crippen LogP contribution in [0.5, 0.6) is 0 Å². The minimum absolute atomic E-state index is 0.163. The number of benzene rings is 1. The fourth-order valence-electron chi connectivity index (χ4n) is 1.54. The average molecular weight is 233 g/mol. The summed E-state index contributed by atoms with van der Waals surface area (Å²) in [5.74, 6) is 0. The largest absolute Gasteiger partial charge is 0.396 e. The molecule has 1 aromatic carbocycles. The highest BCUT2D eigenvalue weighted by molar-refractivity contribution is 7.13. The molecule has 0 atom stereocenters. The van der Waals surface area contributed by atoms with E-state index in [0.717, 1.165) is 16.3 Å². The number of rotatable bonds is 3.